The van der Waals surface area contributed by atoms with Crippen molar-refractivity contribution in [2.45, 2.75) is 30.6 Å². The molecular weight excluding hydrogens is 352 g/mol. The zero-order chi connectivity index (χ0) is 18.6. The number of carbonyl (C=O) groups excluding carboxylic acids is 1. The first-order valence-corrected chi connectivity index (χ1v) is 10.1. The molecule has 26 heavy (non-hydrogen) atoms. The first-order chi connectivity index (χ1) is 12.5. The second kappa shape index (κ2) is 7.88. The van der Waals surface area contributed by atoms with Gasteiger partial charge in [-0.15, -0.1) is 0 Å². The van der Waals surface area contributed by atoms with Gasteiger partial charge in [-0.2, -0.15) is 4.31 Å². The van der Waals surface area contributed by atoms with Crippen LogP contribution < -0.4 is 5.32 Å². The molecule has 7 heteroatoms. The van der Waals surface area contributed by atoms with Crippen LogP contribution in [0.1, 0.15) is 24.8 Å². The number of para-hydroxylation sites is 1. The Morgan fingerprint density at radius 2 is 1.77 bits per heavy atom. The Labute approximate surface area is 153 Å². The Hall–Kier alpha value is -2.38. The predicted molar refractivity (Wildman–Crippen MR) is 99.5 cm³/mol. The van der Waals surface area contributed by atoms with Crippen molar-refractivity contribution in [3.8, 4) is 5.75 Å². The first-order valence-electron chi connectivity index (χ1n) is 8.64. The number of anilines is 1. The molecule has 2 aromatic rings. The number of phenolic OH excluding ortho intramolecular Hbond substituents is 1. The Bertz CT molecular complexity index is 890. The maximum Gasteiger partial charge on any atom is 0.243 e. The smallest absolute Gasteiger partial charge is 0.243 e. The number of hydrogen-bond donors (Lipinski definition) is 2. The summed E-state index contributed by atoms with van der Waals surface area (Å²) in [5.41, 5.74) is 0.936. The van der Waals surface area contributed by atoms with Crippen LogP contribution in [0.5, 0.6) is 5.75 Å². The van der Waals surface area contributed by atoms with Gasteiger partial charge in [-0.1, -0.05) is 30.7 Å². The highest BCUT2D eigenvalue weighted by molar-refractivity contribution is 7.89. The van der Waals surface area contributed by atoms with E-state index in [1.54, 1.807) is 36.4 Å². The summed E-state index contributed by atoms with van der Waals surface area (Å²) in [5, 5.41) is 12.5. The lowest BCUT2D eigenvalue weighted by Gasteiger charge is -2.26. The minimum absolute atomic E-state index is 0.00970. The molecule has 0 bridgehead atoms. The Balaban J connectivity index is 1.73. The largest absolute Gasteiger partial charge is 0.508 e. The van der Waals surface area contributed by atoms with Crippen LogP contribution in [0.25, 0.3) is 0 Å². The summed E-state index contributed by atoms with van der Waals surface area (Å²) in [4.78, 5) is 12.4. The molecule has 1 saturated heterocycles. The second-order valence-corrected chi connectivity index (χ2v) is 8.28. The molecule has 0 atom stereocenters. The third-order valence-electron chi connectivity index (χ3n) is 4.41. The van der Waals surface area contributed by atoms with Gasteiger partial charge in [0.15, 0.2) is 0 Å². The molecule has 2 N–H and O–H groups in total. The lowest BCUT2D eigenvalue weighted by Crippen LogP contribution is -2.35. The number of sulfonamides is 1. The molecule has 0 radical (unpaired) electrons. The number of piperidine rings is 1. The quantitative estimate of drug-likeness (QED) is 0.842. The van der Waals surface area contributed by atoms with Gasteiger partial charge in [0.2, 0.25) is 15.9 Å². The number of nitrogens with zero attached hydrogens (tertiary/aromatic N) is 1. The summed E-state index contributed by atoms with van der Waals surface area (Å²) in [7, 11) is -3.54. The van der Waals surface area contributed by atoms with Crippen molar-refractivity contribution in [2.75, 3.05) is 18.4 Å². The summed E-state index contributed by atoms with van der Waals surface area (Å²) < 4.78 is 27.0. The van der Waals surface area contributed by atoms with Crippen LogP contribution >= 0.6 is 0 Å². The molecule has 0 unspecified atom stereocenters. The highest BCUT2D eigenvalue weighted by atomic mass is 32.2. The standard InChI is InChI=1S/C19H22N2O4S/c22-18-10-3-2-7-15(18)13-19(23)20-16-8-6-9-17(14-16)26(24,25)21-11-4-1-5-12-21/h2-3,6-10,14,22H,1,4-5,11-13H2,(H,20,23). The number of rotatable bonds is 5. The Morgan fingerprint density at radius 3 is 2.50 bits per heavy atom. The van der Waals surface area contributed by atoms with E-state index in [1.807, 2.05) is 0 Å². The van der Waals surface area contributed by atoms with E-state index in [4.69, 9.17) is 0 Å². The van der Waals surface area contributed by atoms with E-state index in [9.17, 15) is 18.3 Å². The van der Waals surface area contributed by atoms with Crippen molar-refractivity contribution in [2.24, 2.45) is 0 Å². The van der Waals surface area contributed by atoms with Crippen molar-refractivity contribution < 1.29 is 18.3 Å². The van der Waals surface area contributed by atoms with Crippen LogP contribution in [0.2, 0.25) is 0 Å². The van der Waals surface area contributed by atoms with Gasteiger partial charge in [0.05, 0.1) is 11.3 Å². The number of nitrogens with one attached hydrogen (secondary N) is 1. The molecule has 1 heterocycles. The van der Waals surface area contributed by atoms with E-state index < -0.39 is 10.0 Å². The Morgan fingerprint density at radius 1 is 1.04 bits per heavy atom. The van der Waals surface area contributed by atoms with Crippen molar-refractivity contribution in [1.82, 2.24) is 4.31 Å². The second-order valence-electron chi connectivity index (χ2n) is 6.35. The maximum atomic E-state index is 12.7. The summed E-state index contributed by atoms with van der Waals surface area (Å²) >= 11 is 0. The fourth-order valence-corrected chi connectivity index (χ4v) is 4.59. The highest BCUT2D eigenvalue weighted by Gasteiger charge is 2.26. The number of benzene rings is 2. The molecule has 1 amide bonds. The highest BCUT2D eigenvalue weighted by Crippen LogP contribution is 2.23. The van der Waals surface area contributed by atoms with Crippen molar-refractivity contribution in [3.05, 3.63) is 54.1 Å². The molecule has 1 aliphatic heterocycles. The fourth-order valence-electron chi connectivity index (χ4n) is 3.03. The van der Waals surface area contributed by atoms with Gasteiger partial charge in [-0.3, -0.25) is 4.79 Å². The molecule has 1 aliphatic rings. The third-order valence-corrected chi connectivity index (χ3v) is 6.31. The molecule has 0 spiro atoms. The summed E-state index contributed by atoms with van der Waals surface area (Å²) in [6.07, 6.45) is 2.80. The molecular formula is C19H22N2O4S. The van der Waals surface area contributed by atoms with Crippen LogP contribution in [-0.2, 0) is 21.2 Å². The van der Waals surface area contributed by atoms with Gasteiger partial charge >= 0.3 is 0 Å². The lowest BCUT2D eigenvalue weighted by molar-refractivity contribution is -0.115. The number of amides is 1. The maximum absolute atomic E-state index is 12.7. The van der Waals surface area contributed by atoms with Crippen molar-refractivity contribution in [3.63, 3.8) is 0 Å². The molecule has 2 aromatic carbocycles. The number of aromatic hydroxyl groups is 1. The average Bonchev–Trinajstić information content (AvgIpc) is 2.64. The molecule has 138 valence electrons. The fraction of sp³-hybridized carbons (Fsp3) is 0.316. The van der Waals surface area contributed by atoms with Crippen molar-refractivity contribution >= 4 is 21.6 Å². The van der Waals surface area contributed by atoms with E-state index in [1.165, 1.54) is 16.4 Å². The molecule has 1 fully saturated rings. The van der Waals surface area contributed by atoms with Crippen LogP contribution in [0.3, 0.4) is 0 Å². The predicted octanol–water partition coefficient (Wildman–Crippen LogP) is 2.75. The molecule has 0 aliphatic carbocycles. The molecule has 0 saturated carbocycles. The van der Waals surface area contributed by atoms with Crippen LogP contribution in [0.15, 0.2) is 53.4 Å². The van der Waals surface area contributed by atoms with Gasteiger partial charge in [0.1, 0.15) is 5.75 Å². The SMILES string of the molecule is O=C(Cc1ccccc1O)Nc1cccc(S(=O)(=O)N2CCCCC2)c1. The van der Waals surface area contributed by atoms with E-state index in [0.29, 0.717) is 24.3 Å². The van der Waals surface area contributed by atoms with E-state index in [-0.39, 0.29) is 23.0 Å². The summed E-state index contributed by atoms with van der Waals surface area (Å²) in [6.45, 7) is 1.07. The topological polar surface area (TPSA) is 86.7 Å². The minimum atomic E-state index is -3.54. The van der Waals surface area contributed by atoms with Gasteiger partial charge in [0, 0.05) is 24.3 Å². The average molecular weight is 374 g/mol. The van der Waals surface area contributed by atoms with Gasteiger partial charge < -0.3 is 10.4 Å². The van der Waals surface area contributed by atoms with E-state index in [2.05, 4.69) is 5.32 Å². The minimum Gasteiger partial charge on any atom is -0.508 e. The van der Waals surface area contributed by atoms with Crippen LogP contribution in [-0.4, -0.2) is 36.8 Å². The normalized spacial score (nSPS) is 15.5. The van der Waals surface area contributed by atoms with Gasteiger partial charge in [-0.25, -0.2) is 8.42 Å². The Kier molecular flexibility index (Phi) is 5.58. The van der Waals surface area contributed by atoms with Gasteiger partial charge in [-0.05, 0) is 37.1 Å². The molecule has 0 aromatic heterocycles. The number of phenols is 1. The summed E-state index contributed by atoms with van der Waals surface area (Å²) in [5.74, 6) is -0.261. The van der Waals surface area contributed by atoms with E-state index >= 15 is 0 Å². The summed E-state index contributed by atoms with van der Waals surface area (Å²) in [6, 6.07) is 12.9. The first kappa shape index (κ1) is 18.4. The number of hydrogen-bond acceptors (Lipinski definition) is 4. The third kappa shape index (κ3) is 4.23. The van der Waals surface area contributed by atoms with Crippen LogP contribution in [0, 0.1) is 0 Å². The number of carbonyl (C=O) groups is 1. The monoisotopic (exact) mass is 374 g/mol. The molecule has 3 rings (SSSR count). The van der Waals surface area contributed by atoms with E-state index in [0.717, 1.165) is 19.3 Å². The van der Waals surface area contributed by atoms with Gasteiger partial charge in [0.25, 0.3) is 0 Å². The van der Waals surface area contributed by atoms with Crippen LogP contribution in [0.4, 0.5) is 5.69 Å². The van der Waals surface area contributed by atoms with Crippen molar-refractivity contribution in [1.29, 1.82) is 0 Å². The lowest BCUT2D eigenvalue weighted by atomic mass is 10.1. The zero-order valence-corrected chi connectivity index (χ0v) is 15.2. The molecule has 6 nitrogen and oxygen atoms in total. The zero-order valence-electron chi connectivity index (χ0n) is 14.4.